The highest BCUT2D eigenvalue weighted by molar-refractivity contribution is 7.15. The highest BCUT2D eigenvalue weighted by atomic mass is 32.1. The van der Waals surface area contributed by atoms with Crippen molar-refractivity contribution in [3.63, 3.8) is 0 Å². The maximum Gasteiger partial charge on any atom is 0.223 e. The SMILES string of the molecule is CN1C(=O)CC(c2ccccc2F)C1Cc1ccc(-c2ccccc2)s1. The molecule has 0 saturated carbocycles. The Hall–Kier alpha value is -2.46. The van der Waals surface area contributed by atoms with Crippen LogP contribution in [0.3, 0.4) is 0 Å². The number of rotatable bonds is 4. The van der Waals surface area contributed by atoms with Gasteiger partial charge in [-0.05, 0) is 29.3 Å². The molecule has 0 N–H and O–H groups in total. The maximum atomic E-state index is 14.3. The van der Waals surface area contributed by atoms with Gasteiger partial charge in [0.15, 0.2) is 0 Å². The number of halogens is 1. The summed E-state index contributed by atoms with van der Waals surface area (Å²) in [6.45, 7) is 0. The topological polar surface area (TPSA) is 20.3 Å². The lowest BCUT2D eigenvalue weighted by Crippen LogP contribution is -2.32. The Bertz CT molecular complexity index is 921. The Morgan fingerprint density at radius 1 is 1.04 bits per heavy atom. The first kappa shape index (κ1) is 17.0. The van der Waals surface area contributed by atoms with E-state index < -0.39 is 0 Å². The third kappa shape index (κ3) is 3.17. The molecule has 3 aromatic rings. The molecule has 2 aromatic carbocycles. The van der Waals surface area contributed by atoms with Crippen LogP contribution in [0.2, 0.25) is 0 Å². The molecule has 0 bridgehead atoms. The lowest BCUT2D eigenvalue weighted by atomic mass is 9.89. The van der Waals surface area contributed by atoms with E-state index in [2.05, 4.69) is 24.3 Å². The van der Waals surface area contributed by atoms with Crippen molar-refractivity contribution in [1.29, 1.82) is 0 Å². The van der Waals surface area contributed by atoms with Gasteiger partial charge in [-0.2, -0.15) is 0 Å². The standard InChI is InChI=1S/C22H20FNOS/c1-24-20(18(14-22(24)25)17-9-5-6-10-19(17)23)13-16-11-12-21(26-16)15-7-3-2-4-8-15/h2-12,18,20H,13-14H2,1H3. The fourth-order valence-corrected chi connectivity index (χ4v) is 4.81. The number of hydrogen-bond donors (Lipinski definition) is 0. The first-order chi connectivity index (χ1) is 12.6. The summed E-state index contributed by atoms with van der Waals surface area (Å²) in [6, 6.07) is 21.3. The number of thiophene rings is 1. The second-order valence-electron chi connectivity index (χ2n) is 6.74. The molecule has 4 heteroatoms. The third-order valence-corrected chi connectivity index (χ3v) is 6.34. The summed E-state index contributed by atoms with van der Waals surface area (Å²) in [5.41, 5.74) is 1.85. The molecule has 1 saturated heterocycles. The predicted molar refractivity (Wildman–Crippen MR) is 104 cm³/mol. The van der Waals surface area contributed by atoms with E-state index in [0.29, 0.717) is 12.0 Å². The highest BCUT2D eigenvalue weighted by Crippen LogP contribution is 2.38. The van der Waals surface area contributed by atoms with Crippen molar-refractivity contribution in [2.45, 2.75) is 24.8 Å². The Labute approximate surface area is 156 Å². The van der Waals surface area contributed by atoms with Crippen LogP contribution in [-0.4, -0.2) is 23.9 Å². The Kier molecular flexibility index (Phi) is 4.60. The van der Waals surface area contributed by atoms with Crippen molar-refractivity contribution in [2.24, 2.45) is 0 Å². The van der Waals surface area contributed by atoms with Gasteiger partial charge in [0.1, 0.15) is 5.82 Å². The van der Waals surface area contributed by atoms with Gasteiger partial charge in [-0.1, -0.05) is 48.5 Å². The molecule has 1 aliphatic rings. The normalized spacial score (nSPS) is 19.9. The summed E-state index contributed by atoms with van der Waals surface area (Å²) in [4.78, 5) is 16.5. The number of likely N-dealkylation sites (tertiary alicyclic amines) is 1. The van der Waals surface area contributed by atoms with Crippen molar-refractivity contribution < 1.29 is 9.18 Å². The molecule has 1 aromatic heterocycles. The first-order valence-electron chi connectivity index (χ1n) is 8.77. The summed E-state index contributed by atoms with van der Waals surface area (Å²) < 4.78 is 14.3. The van der Waals surface area contributed by atoms with Gasteiger partial charge in [0, 0.05) is 41.6 Å². The number of carbonyl (C=O) groups is 1. The predicted octanol–water partition coefficient (Wildman–Crippen LogP) is 5.11. The van der Waals surface area contributed by atoms with Gasteiger partial charge in [0.05, 0.1) is 0 Å². The monoisotopic (exact) mass is 365 g/mol. The van der Waals surface area contributed by atoms with E-state index in [0.717, 1.165) is 6.42 Å². The fourth-order valence-electron chi connectivity index (χ4n) is 3.75. The van der Waals surface area contributed by atoms with Crippen LogP contribution in [0.25, 0.3) is 10.4 Å². The molecule has 0 aliphatic carbocycles. The molecule has 0 spiro atoms. The third-order valence-electron chi connectivity index (χ3n) is 5.18. The van der Waals surface area contributed by atoms with Crippen molar-refractivity contribution in [3.8, 4) is 10.4 Å². The van der Waals surface area contributed by atoms with Gasteiger partial charge >= 0.3 is 0 Å². The van der Waals surface area contributed by atoms with E-state index in [4.69, 9.17) is 0 Å². The van der Waals surface area contributed by atoms with E-state index in [1.54, 1.807) is 22.3 Å². The molecule has 2 nitrogen and oxygen atoms in total. The summed E-state index contributed by atoms with van der Waals surface area (Å²) in [5.74, 6) is -0.235. The van der Waals surface area contributed by atoms with Gasteiger partial charge in [-0.25, -0.2) is 4.39 Å². The van der Waals surface area contributed by atoms with Crippen LogP contribution in [0, 0.1) is 5.82 Å². The summed E-state index contributed by atoms with van der Waals surface area (Å²) in [6.07, 6.45) is 1.12. The summed E-state index contributed by atoms with van der Waals surface area (Å²) >= 11 is 1.75. The van der Waals surface area contributed by atoms with E-state index in [9.17, 15) is 9.18 Å². The number of nitrogens with zero attached hydrogens (tertiary/aromatic N) is 1. The van der Waals surface area contributed by atoms with Crippen molar-refractivity contribution in [3.05, 3.63) is 83.0 Å². The van der Waals surface area contributed by atoms with E-state index >= 15 is 0 Å². The molecule has 132 valence electrons. The molecule has 4 rings (SSSR count). The van der Waals surface area contributed by atoms with Gasteiger partial charge < -0.3 is 4.90 Å². The smallest absolute Gasteiger partial charge is 0.223 e. The average molecular weight is 365 g/mol. The zero-order chi connectivity index (χ0) is 18.1. The molecule has 2 unspecified atom stereocenters. The molecule has 1 fully saturated rings. The van der Waals surface area contributed by atoms with Crippen LogP contribution >= 0.6 is 11.3 Å². The zero-order valence-electron chi connectivity index (χ0n) is 14.6. The van der Waals surface area contributed by atoms with Crippen LogP contribution in [0.5, 0.6) is 0 Å². The quantitative estimate of drug-likeness (QED) is 0.629. The minimum absolute atomic E-state index is 0.0123. The molecule has 0 radical (unpaired) electrons. The largest absolute Gasteiger partial charge is 0.342 e. The Morgan fingerprint density at radius 2 is 1.77 bits per heavy atom. The van der Waals surface area contributed by atoms with Crippen molar-refractivity contribution in [1.82, 2.24) is 4.90 Å². The molecular formula is C22H20FNOS. The Balaban J connectivity index is 1.60. The number of benzene rings is 2. The zero-order valence-corrected chi connectivity index (χ0v) is 15.4. The van der Waals surface area contributed by atoms with Gasteiger partial charge in [0.25, 0.3) is 0 Å². The molecule has 1 amide bonds. The van der Waals surface area contributed by atoms with Crippen LogP contribution in [0.15, 0.2) is 66.7 Å². The van der Waals surface area contributed by atoms with Crippen molar-refractivity contribution >= 4 is 17.2 Å². The Morgan fingerprint density at radius 3 is 2.54 bits per heavy atom. The minimum Gasteiger partial charge on any atom is -0.342 e. The average Bonchev–Trinajstić information content (AvgIpc) is 3.23. The van der Waals surface area contributed by atoms with E-state index in [1.165, 1.54) is 21.4 Å². The van der Waals surface area contributed by atoms with Gasteiger partial charge in [-0.3, -0.25) is 4.79 Å². The van der Waals surface area contributed by atoms with Gasteiger partial charge in [-0.15, -0.1) is 11.3 Å². The second kappa shape index (κ2) is 7.04. The van der Waals surface area contributed by atoms with Crippen LogP contribution in [0.4, 0.5) is 4.39 Å². The number of hydrogen-bond acceptors (Lipinski definition) is 2. The minimum atomic E-state index is -0.221. The van der Waals surface area contributed by atoms with Gasteiger partial charge in [0.2, 0.25) is 5.91 Å². The van der Waals surface area contributed by atoms with Crippen LogP contribution in [-0.2, 0) is 11.2 Å². The fraction of sp³-hybridized carbons (Fsp3) is 0.227. The summed E-state index contributed by atoms with van der Waals surface area (Å²) in [7, 11) is 1.83. The number of amides is 1. The highest BCUT2D eigenvalue weighted by Gasteiger charge is 2.39. The number of carbonyl (C=O) groups excluding carboxylic acids is 1. The number of likely N-dealkylation sites (N-methyl/N-ethyl adjacent to an activating group) is 1. The van der Waals surface area contributed by atoms with E-state index in [-0.39, 0.29) is 23.7 Å². The molecule has 1 aliphatic heterocycles. The van der Waals surface area contributed by atoms with Crippen LogP contribution < -0.4 is 0 Å². The van der Waals surface area contributed by atoms with Crippen LogP contribution in [0.1, 0.15) is 22.8 Å². The second-order valence-corrected chi connectivity index (χ2v) is 7.91. The van der Waals surface area contributed by atoms with E-state index in [1.807, 2.05) is 37.4 Å². The molecule has 2 atom stereocenters. The lowest BCUT2D eigenvalue weighted by Gasteiger charge is -2.25. The first-order valence-corrected chi connectivity index (χ1v) is 9.59. The van der Waals surface area contributed by atoms with Crippen molar-refractivity contribution in [2.75, 3.05) is 7.05 Å². The molecular weight excluding hydrogens is 345 g/mol. The molecule has 26 heavy (non-hydrogen) atoms. The lowest BCUT2D eigenvalue weighted by molar-refractivity contribution is -0.127. The summed E-state index contributed by atoms with van der Waals surface area (Å²) in [5, 5.41) is 0. The maximum absolute atomic E-state index is 14.3. The molecule has 2 heterocycles.